The normalized spacial score (nSPS) is 13.6. The van der Waals surface area contributed by atoms with E-state index in [-0.39, 0.29) is 32.6 Å². The van der Waals surface area contributed by atoms with Crippen molar-refractivity contribution in [1.82, 2.24) is 0 Å². The van der Waals surface area contributed by atoms with Crippen LogP contribution >= 0.6 is 7.82 Å². The number of phosphoric ester groups is 1. The molecule has 0 bridgehead atoms. The minimum atomic E-state index is -4.39. The summed E-state index contributed by atoms with van der Waals surface area (Å²) in [4.78, 5) is 35.0. The fourth-order valence-corrected chi connectivity index (χ4v) is 7.75. The van der Waals surface area contributed by atoms with Crippen LogP contribution in [0.15, 0.2) is 48.6 Å². The van der Waals surface area contributed by atoms with E-state index in [1.54, 1.807) is 0 Å². The summed E-state index contributed by atoms with van der Waals surface area (Å²) in [6.07, 6.45) is 55.9. The number of phosphoric acid groups is 1. The van der Waals surface area contributed by atoms with Crippen molar-refractivity contribution in [3.05, 3.63) is 48.6 Å². The van der Waals surface area contributed by atoms with Crippen molar-refractivity contribution in [3.8, 4) is 0 Å². The van der Waals surface area contributed by atoms with Crippen LogP contribution in [0.5, 0.6) is 0 Å². The lowest BCUT2D eigenvalue weighted by Crippen LogP contribution is -2.29. The largest absolute Gasteiger partial charge is 0.472 e. The molecule has 0 rings (SSSR count). The molecule has 0 aliphatic carbocycles. The van der Waals surface area contributed by atoms with Crippen LogP contribution in [0.25, 0.3) is 0 Å². The van der Waals surface area contributed by atoms with Gasteiger partial charge < -0.3 is 20.1 Å². The summed E-state index contributed by atoms with van der Waals surface area (Å²) in [5.74, 6) is -0.886. The summed E-state index contributed by atoms with van der Waals surface area (Å²) in [6, 6.07) is 0. The van der Waals surface area contributed by atoms with Crippen LogP contribution in [0.4, 0.5) is 0 Å². The topological polar surface area (TPSA) is 134 Å². The molecule has 0 aromatic carbocycles. The zero-order chi connectivity index (χ0) is 44.6. The molecule has 3 N–H and O–H groups in total. The third kappa shape index (κ3) is 47.3. The van der Waals surface area contributed by atoms with E-state index in [2.05, 4.69) is 62.5 Å². The molecular formula is C51H94NO8P. The molecule has 0 amide bonds. The van der Waals surface area contributed by atoms with E-state index in [1.165, 1.54) is 148 Å². The molecule has 0 saturated carbocycles. The quantitative estimate of drug-likeness (QED) is 0.0265. The average molecular weight is 880 g/mol. The Hall–Kier alpha value is -2.03. The minimum Gasteiger partial charge on any atom is -0.462 e. The van der Waals surface area contributed by atoms with Crippen LogP contribution in [-0.2, 0) is 32.7 Å². The fraction of sp³-hybridized carbons (Fsp3) is 0.804. The number of unbranched alkanes of at least 4 members (excludes halogenated alkanes) is 26. The van der Waals surface area contributed by atoms with Crippen LogP contribution in [0.2, 0.25) is 0 Å². The number of hydrogen-bond donors (Lipinski definition) is 2. The number of esters is 2. The lowest BCUT2D eigenvalue weighted by Gasteiger charge is -2.19. The number of nitrogens with two attached hydrogens (primary N) is 1. The maximum absolute atomic E-state index is 12.6. The van der Waals surface area contributed by atoms with Crippen LogP contribution in [0.1, 0.15) is 232 Å². The molecule has 0 saturated heterocycles. The van der Waals surface area contributed by atoms with Gasteiger partial charge in [0.2, 0.25) is 0 Å². The standard InChI is InChI=1S/C51H94NO8P/c1-3-5-7-9-11-13-15-17-19-21-22-23-24-25-26-28-30-32-34-36-38-40-42-44-51(54)60-49(48-59-61(55,56)58-46-45-52)47-57-50(53)43-41-39-37-35-33-31-29-27-20-18-16-14-12-10-8-6-4-2/h12,14,18,20,29,31,35,37,49H,3-11,13,15-17,19,21-28,30,32-34,36,38-48,52H2,1-2H3,(H,55,56)/b14-12+,20-18+,31-29+,37-35+/t49-/m1/s1. The summed E-state index contributed by atoms with van der Waals surface area (Å²) in [5.41, 5.74) is 5.36. The van der Waals surface area contributed by atoms with E-state index >= 15 is 0 Å². The van der Waals surface area contributed by atoms with E-state index in [0.717, 1.165) is 44.9 Å². The zero-order valence-corrected chi connectivity index (χ0v) is 40.3. The highest BCUT2D eigenvalue weighted by atomic mass is 31.2. The number of ether oxygens (including phenoxy) is 2. The molecule has 0 aliphatic rings. The first kappa shape index (κ1) is 59.0. The van der Waals surface area contributed by atoms with Gasteiger partial charge in [-0.2, -0.15) is 0 Å². The van der Waals surface area contributed by atoms with Gasteiger partial charge in [0.05, 0.1) is 13.2 Å². The predicted molar refractivity (Wildman–Crippen MR) is 257 cm³/mol. The first-order chi connectivity index (χ1) is 29.8. The molecule has 61 heavy (non-hydrogen) atoms. The number of carbonyl (C=O) groups excluding carboxylic acids is 2. The van der Waals surface area contributed by atoms with E-state index < -0.39 is 32.5 Å². The number of allylic oxidation sites excluding steroid dienone is 8. The van der Waals surface area contributed by atoms with E-state index in [4.69, 9.17) is 24.3 Å². The summed E-state index contributed by atoms with van der Waals surface area (Å²) in [7, 11) is -4.39. The molecular weight excluding hydrogens is 786 g/mol. The maximum atomic E-state index is 12.6. The van der Waals surface area contributed by atoms with Crippen LogP contribution in [0.3, 0.4) is 0 Å². The smallest absolute Gasteiger partial charge is 0.462 e. The summed E-state index contributed by atoms with van der Waals surface area (Å²) in [5, 5.41) is 0. The van der Waals surface area contributed by atoms with Crippen molar-refractivity contribution in [2.24, 2.45) is 5.73 Å². The van der Waals surface area contributed by atoms with Gasteiger partial charge in [-0.1, -0.05) is 217 Å². The fourth-order valence-electron chi connectivity index (χ4n) is 6.98. The van der Waals surface area contributed by atoms with Crippen molar-refractivity contribution < 1.29 is 37.6 Å². The van der Waals surface area contributed by atoms with Crippen molar-refractivity contribution >= 4 is 19.8 Å². The van der Waals surface area contributed by atoms with Crippen molar-refractivity contribution in [2.45, 2.75) is 238 Å². The highest BCUT2D eigenvalue weighted by Gasteiger charge is 2.26. The second kappa shape index (κ2) is 47.4. The van der Waals surface area contributed by atoms with Crippen molar-refractivity contribution in [1.29, 1.82) is 0 Å². The van der Waals surface area contributed by atoms with Gasteiger partial charge in [0.15, 0.2) is 6.10 Å². The Balaban J connectivity index is 4.09. The van der Waals surface area contributed by atoms with Gasteiger partial charge >= 0.3 is 19.8 Å². The number of hydrogen-bond acceptors (Lipinski definition) is 8. The molecule has 10 heteroatoms. The molecule has 0 aromatic rings. The molecule has 0 spiro atoms. The van der Waals surface area contributed by atoms with Gasteiger partial charge in [-0.3, -0.25) is 18.6 Å². The molecule has 0 aliphatic heterocycles. The van der Waals surface area contributed by atoms with Crippen molar-refractivity contribution in [2.75, 3.05) is 26.4 Å². The van der Waals surface area contributed by atoms with Crippen molar-refractivity contribution in [3.63, 3.8) is 0 Å². The van der Waals surface area contributed by atoms with Crippen LogP contribution < -0.4 is 5.73 Å². The SMILES string of the molecule is CCCCC/C=C/C/C=C/C/C=C/C/C=C/CCCC(=O)OC[C@H](COP(=O)(O)OCCN)OC(=O)CCCCCCCCCCCCCCCCCCCCCCCCC. The highest BCUT2D eigenvalue weighted by Crippen LogP contribution is 2.43. The van der Waals surface area contributed by atoms with Gasteiger partial charge in [0, 0.05) is 19.4 Å². The Morgan fingerprint density at radius 2 is 0.869 bits per heavy atom. The molecule has 0 heterocycles. The van der Waals surface area contributed by atoms with Gasteiger partial charge in [0.1, 0.15) is 6.61 Å². The summed E-state index contributed by atoms with van der Waals surface area (Å²) < 4.78 is 32.8. The monoisotopic (exact) mass is 880 g/mol. The second-order valence-corrected chi connectivity index (χ2v) is 18.1. The van der Waals surface area contributed by atoms with Gasteiger partial charge in [-0.15, -0.1) is 0 Å². The molecule has 1 unspecified atom stereocenters. The average Bonchev–Trinajstić information content (AvgIpc) is 3.25. The Bertz CT molecular complexity index is 1140. The first-order valence-corrected chi connectivity index (χ1v) is 26.6. The Morgan fingerprint density at radius 3 is 1.31 bits per heavy atom. The molecule has 9 nitrogen and oxygen atoms in total. The zero-order valence-electron chi connectivity index (χ0n) is 39.4. The van der Waals surface area contributed by atoms with Crippen LogP contribution in [-0.4, -0.2) is 49.3 Å². The lowest BCUT2D eigenvalue weighted by molar-refractivity contribution is -0.161. The second-order valence-electron chi connectivity index (χ2n) is 16.7. The molecule has 0 radical (unpaired) electrons. The molecule has 356 valence electrons. The third-order valence-corrected chi connectivity index (χ3v) is 11.7. The third-order valence-electron chi connectivity index (χ3n) is 10.7. The van der Waals surface area contributed by atoms with E-state index in [1.807, 2.05) is 0 Å². The van der Waals surface area contributed by atoms with E-state index in [9.17, 15) is 19.0 Å². The summed E-state index contributed by atoms with van der Waals surface area (Å²) in [6.45, 7) is 3.67. The van der Waals surface area contributed by atoms with Gasteiger partial charge in [-0.05, 0) is 51.4 Å². The van der Waals surface area contributed by atoms with Gasteiger partial charge in [-0.25, -0.2) is 4.57 Å². The molecule has 2 atom stereocenters. The molecule has 0 fully saturated rings. The lowest BCUT2D eigenvalue weighted by atomic mass is 10.0. The Labute approximate surface area is 375 Å². The van der Waals surface area contributed by atoms with E-state index in [0.29, 0.717) is 12.8 Å². The number of rotatable bonds is 47. The van der Waals surface area contributed by atoms with Crippen LogP contribution in [0, 0.1) is 0 Å². The summed E-state index contributed by atoms with van der Waals surface area (Å²) >= 11 is 0. The Morgan fingerprint density at radius 1 is 0.492 bits per heavy atom. The van der Waals surface area contributed by atoms with Gasteiger partial charge in [0.25, 0.3) is 0 Å². The predicted octanol–water partition coefficient (Wildman–Crippen LogP) is 15.1. The highest BCUT2D eigenvalue weighted by molar-refractivity contribution is 7.47. The number of carbonyl (C=O) groups is 2. The first-order valence-electron chi connectivity index (χ1n) is 25.1. The maximum Gasteiger partial charge on any atom is 0.472 e. The minimum absolute atomic E-state index is 0.0462. The molecule has 0 aromatic heterocycles. The Kier molecular flexibility index (Phi) is 45.9.